The van der Waals surface area contributed by atoms with E-state index in [1.807, 2.05) is 13.8 Å². The molecule has 0 bridgehead atoms. The van der Waals surface area contributed by atoms with Gasteiger partial charge in [0.2, 0.25) is 0 Å². The zero-order valence-corrected chi connectivity index (χ0v) is 26.6. The first-order chi connectivity index (χ1) is 22.9. The molecule has 1 aliphatic carbocycles. The molecule has 2 atom stereocenters. The van der Waals surface area contributed by atoms with Crippen LogP contribution in [0.2, 0.25) is 0 Å². The monoisotopic (exact) mass is 717 g/mol. The van der Waals surface area contributed by atoms with Crippen molar-refractivity contribution in [1.82, 2.24) is 4.90 Å². The Morgan fingerprint density at radius 1 is 0.880 bits per heavy atom. The first-order valence-electron chi connectivity index (χ1n) is 15.2. The van der Waals surface area contributed by atoms with Gasteiger partial charge in [0.25, 0.3) is 0 Å². The van der Waals surface area contributed by atoms with Crippen LogP contribution >= 0.6 is 0 Å². The molecule has 1 fully saturated rings. The lowest BCUT2D eigenvalue weighted by molar-refractivity contribution is -0.143. The maximum absolute atomic E-state index is 15.1. The molecule has 1 amide bonds. The molecule has 1 heterocycles. The molecule has 1 N–H and O–H groups in total. The van der Waals surface area contributed by atoms with E-state index in [2.05, 4.69) is 0 Å². The summed E-state index contributed by atoms with van der Waals surface area (Å²) >= 11 is 0. The molecular weight excluding hydrogens is 688 g/mol. The minimum atomic E-state index is -5.13. The number of carboxylic acids is 1. The zero-order chi connectivity index (χ0) is 37.1. The topological polar surface area (TPSA) is 66.8 Å². The second-order valence-corrected chi connectivity index (χ2v) is 13.2. The highest BCUT2D eigenvalue weighted by Gasteiger charge is 2.44. The molecule has 3 aromatic rings. The molecule has 1 aliphatic heterocycles. The number of rotatable bonds is 6. The maximum atomic E-state index is 15.1. The van der Waals surface area contributed by atoms with Crippen LogP contribution in [-0.4, -0.2) is 34.7 Å². The standard InChI is InChI=1S/C35H29F10NO4/c1-17-29(21-9-23(33(37,38)39)14-24(10-21)34(40,41)42)50-31(49)46(17)16-22-15-32(2,3)7-6-26(22)19-8-20(12-25(36)11-19)27-5-4-18(30(47)48)13-28(27)35(43,44)45/h4-5,8-14,17,29H,6-7,15-16H2,1-3H3,(H,47,48). The van der Waals surface area contributed by atoms with Crippen molar-refractivity contribution in [2.24, 2.45) is 5.41 Å². The fraction of sp³-hybridized carbons (Fsp3) is 0.371. The van der Waals surface area contributed by atoms with Gasteiger partial charge in [0, 0.05) is 6.54 Å². The van der Waals surface area contributed by atoms with Crippen molar-refractivity contribution in [1.29, 1.82) is 0 Å². The quantitative estimate of drug-likeness (QED) is 0.258. The first-order valence-corrected chi connectivity index (χ1v) is 15.2. The number of aromatic carboxylic acids is 1. The molecule has 2 unspecified atom stereocenters. The molecule has 15 heteroatoms. The van der Waals surface area contributed by atoms with Gasteiger partial charge in [-0.1, -0.05) is 19.9 Å². The Morgan fingerprint density at radius 2 is 1.48 bits per heavy atom. The van der Waals surface area contributed by atoms with Crippen LogP contribution in [0.4, 0.5) is 48.7 Å². The largest absolute Gasteiger partial charge is 0.478 e. The Bertz CT molecular complexity index is 1840. The number of carbonyl (C=O) groups is 2. The Balaban J connectivity index is 1.56. The molecule has 3 aromatic carbocycles. The van der Waals surface area contributed by atoms with Gasteiger partial charge in [-0.3, -0.25) is 4.90 Å². The van der Waals surface area contributed by atoms with Crippen LogP contribution in [-0.2, 0) is 23.3 Å². The van der Waals surface area contributed by atoms with Crippen molar-refractivity contribution in [3.8, 4) is 11.1 Å². The molecular formula is C35H29F10NO4. The SMILES string of the molecule is CC1C(c2cc(C(F)(F)F)cc(C(F)(F)F)c2)OC(=O)N1CC1=C(c2cc(F)cc(-c3ccc(C(=O)O)cc3C(F)(F)F)c2)CCC(C)(C)C1. The van der Waals surface area contributed by atoms with Gasteiger partial charge < -0.3 is 9.84 Å². The highest BCUT2D eigenvalue weighted by Crippen LogP contribution is 2.46. The van der Waals surface area contributed by atoms with E-state index >= 15 is 4.39 Å². The fourth-order valence-corrected chi connectivity index (χ4v) is 6.50. The molecule has 2 aliphatic rings. The Hall–Kier alpha value is -4.56. The Morgan fingerprint density at radius 3 is 2.04 bits per heavy atom. The Labute approximate surface area is 279 Å². The van der Waals surface area contributed by atoms with Gasteiger partial charge in [0.15, 0.2) is 0 Å². The second-order valence-electron chi connectivity index (χ2n) is 13.2. The third-order valence-electron chi connectivity index (χ3n) is 8.99. The number of halogens is 10. The van der Waals surface area contributed by atoms with Gasteiger partial charge in [-0.2, -0.15) is 39.5 Å². The summed E-state index contributed by atoms with van der Waals surface area (Å²) in [6, 6.07) is 5.54. The lowest BCUT2D eigenvalue weighted by atomic mass is 9.72. The van der Waals surface area contributed by atoms with E-state index in [-0.39, 0.29) is 29.2 Å². The molecule has 268 valence electrons. The van der Waals surface area contributed by atoms with Crippen LogP contribution in [0, 0.1) is 11.2 Å². The predicted octanol–water partition coefficient (Wildman–Crippen LogP) is 10.8. The highest BCUT2D eigenvalue weighted by atomic mass is 19.4. The summed E-state index contributed by atoms with van der Waals surface area (Å²) < 4.78 is 144. The van der Waals surface area contributed by atoms with Crippen molar-refractivity contribution >= 4 is 17.6 Å². The van der Waals surface area contributed by atoms with Crippen LogP contribution in [0.3, 0.4) is 0 Å². The molecule has 0 radical (unpaired) electrons. The van der Waals surface area contributed by atoms with E-state index < -0.39 is 81.9 Å². The summed E-state index contributed by atoms with van der Waals surface area (Å²) in [6.45, 7) is 5.01. The molecule has 50 heavy (non-hydrogen) atoms. The Kier molecular flexibility index (Phi) is 9.28. The number of hydrogen-bond acceptors (Lipinski definition) is 3. The van der Waals surface area contributed by atoms with Crippen LogP contribution in [0.25, 0.3) is 16.7 Å². The lowest BCUT2D eigenvalue weighted by Crippen LogP contribution is -2.35. The smallest absolute Gasteiger partial charge is 0.417 e. The second kappa shape index (κ2) is 12.6. The average molecular weight is 718 g/mol. The number of alkyl halides is 9. The number of carbonyl (C=O) groups excluding carboxylic acids is 1. The highest BCUT2D eigenvalue weighted by molar-refractivity contribution is 5.89. The summed E-state index contributed by atoms with van der Waals surface area (Å²) in [4.78, 5) is 25.6. The van der Waals surface area contributed by atoms with Crippen molar-refractivity contribution < 1.29 is 63.3 Å². The number of carboxylic acid groups (broad SMARTS) is 1. The number of nitrogens with zero attached hydrogens (tertiary/aromatic N) is 1. The van der Waals surface area contributed by atoms with Crippen LogP contribution in [0.1, 0.15) is 84.3 Å². The zero-order valence-electron chi connectivity index (χ0n) is 26.6. The maximum Gasteiger partial charge on any atom is 0.417 e. The van der Waals surface area contributed by atoms with Crippen molar-refractivity contribution in [3.63, 3.8) is 0 Å². The van der Waals surface area contributed by atoms with E-state index in [0.717, 1.165) is 29.2 Å². The number of benzene rings is 3. The minimum absolute atomic E-state index is 0.0324. The molecule has 0 spiro atoms. The predicted molar refractivity (Wildman–Crippen MR) is 160 cm³/mol. The fourth-order valence-electron chi connectivity index (χ4n) is 6.50. The lowest BCUT2D eigenvalue weighted by Gasteiger charge is -2.35. The van der Waals surface area contributed by atoms with Gasteiger partial charge in [-0.15, -0.1) is 0 Å². The van der Waals surface area contributed by atoms with Gasteiger partial charge in [0.05, 0.1) is 28.3 Å². The third-order valence-corrected chi connectivity index (χ3v) is 8.99. The number of ether oxygens (including phenoxy) is 1. The van der Waals surface area contributed by atoms with Crippen molar-refractivity contribution in [2.75, 3.05) is 6.54 Å². The van der Waals surface area contributed by atoms with E-state index in [1.165, 1.54) is 13.0 Å². The third kappa shape index (κ3) is 7.60. The number of amides is 1. The van der Waals surface area contributed by atoms with Crippen molar-refractivity contribution in [2.45, 2.75) is 70.7 Å². The van der Waals surface area contributed by atoms with Crippen LogP contribution < -0.4 is 0 Å². The van der Waals surface area contributed by atoms with Gasteiger partial charge in [0.1, 0.15) is 11.9 Å². The molecule has 5 rings (SSSR count). The summed E-state index contributed by atoms with van der Waals surface area (Å²) in [5.74, 6) is -2.49. The molecule has 0 saturated carbocycles. The van der Waals surface area contributed by atoms with Crippen LogP contribution in [0.5, 0.6) is 0 Å². The summed E-state index contributed by atoms with van der Waals surface area (Å²) in [5.41, 5.74) is -5.41. The number of cyclic esters (lactones) is 1. The number of allylic oxidation sites excluding steroid dienone is 1. The van der Waals surface area contributed by atoms with Gasteiger partial charge in [-0.25, -0.2) is 14.0 Å². The summed E-state index contributed by atoms with van der Waals surface area (Å²) in [7, 11) is 0. The summed E-state index contributed by atoms with van der Waals surface area (Å²) in [6.07, 6.45) is -16.6. The molecule has 0 aromatic heterocycles. The summed E-state index contributed by atoms with van der Waals surface area (Å²) in [5, 5.41) is 9.23. The van der Waals surface area contributed by atoms with Gasteiger partial charge >= 0.3 is 30.6 Å². The van der Waals surface area contributed by atoms with Gasteiger partial charge in [-0.05, 0) is 114 Å². The average Bonchev–Trinajstić information content (AvgIpc) is 3.27. The normalized spacial score (nSPS) is 19.9. The molecule has 1 saturated heterocycles. The molecule has 5 nitrogen and oxygen atoms in total. The van der Waals surface area contributed by atoms with E-state index in [0.29, 0.717) is 48.6 Å². The minimum Gasteiger partial charge on any atom is -0.478 e. The van der Waals surface area contributed by atoms with E-state index in [4.69, 9.17) is 4.74 Å². The van der Waals surface area contributed by atoms with E-state index in [9.17, 15) is 54.2 Å². The first kappa shape index (κ1) is 36.7. The van der Waals surface area contributed by atoms with E-state index in [1.54, 1.807) is 0 Å². The number of hydrogen-bond donors (Lipinski definition) is 1. The van der Waals surface area contributed by atoms with Crippen molar-refractivity contribution in [3.05, 3.63) is 99.4 Å². The van der Waals surface area contributed by atoms with Crippen LogP contribution in [0.15, 0.2) is 60.2 Å².